The highest BCUT2D eigenvalue weighted by atomic mass is 32.2. The maximum atomic E-state index is 12.1. The van der Waals surface area contributed by atoms with Crippen molar-refractivity contribution in [3.05, 3.63) is 16.3 Å². The van der Waals surface area contributed by atoms with Gasteiger partial charge < -0.3 is 5.73 Å². The highest BCUT2D eigenvalue weighted by Crippen LogP contribution is 2.19. The van der Waals surface area contributed by atoms with Crippen LogP contribution >= 0.6 is 11.3 Å². The van der Waals surface area contributed by atoms with Crippen LogP contribution in [0.2, 0.25) is 0 Å². The van der Waals surface area contributed by atoms with Gasteiger partial charge in [-0.25, -0.2) is 13.1 Å². The molecule has 110 valence electrons. The molecule has 0 amide bonds. The average molecular weight is 304 g/mol. The van der Waals surface area contributed by atoms with Crippen LogP contribution in [-0.2, 0) is 16.6 Å². The Morgan fingerprint density at radius 2 is 2.00 bits per heavy atom. The van der Waals surface area contributed by atoms with E-state index in [1.165, 1.54) is 11.3 Å². The summed E-state index contributed by atoms with van der Waals surface area (Å²) in [7, 11) is -3.39. The molecule has 0 saturated carbocycles. The standard InChI is InChI=1S/C13H24N2O2S2/c1-10(2)5-4-6-11(3)15-19(16,17)13-7-12(8-14)18-9-13/h7,9-11,15H,4-6,8,14H2,1-3H3. The summed E-state index contributed by atoms with van der Waals surface area (Å²) in [5.41, 5.74) is 5.50. The highest BCUT2D eigenvalue weighted by Gasteiger charge is 2.18. The number of hydrogen-bond donors (Lipinski definition) is 2. The van der Waals surface area contributed by atoms with Crippen molar-refractivity contribution >= 4 is 21.4 Å². The molecule has 0 radical (unpaired) electrons. The maximum Gasteiger partial charge on any atom is 0.241 e. The van der Waals surface area contributed by atoms with E-state index in [1.807, 2.05) is 6.92 Å². The Labute approximate surface area is 120 Å². The van der Waals surface area contributed by atoms with Gasteiger partial charge in [-0.1, -0.05) is 26.7 Å². The zero-order chi connectivity index (χ0) is 14.5. The molecule has 0 aliphatic heterocycles. The lowest BCUT2D eigenvalue weighted by Crippen LogP contribution is -2.32. The minimum Gasteiger partial charge on any atom is -0.326 e. The van der Waals surface area contributed by atoms with Gasteiger partial charge >= 0.3 is 0 Å². The summed E-state index contributed by atoms with van der Waals surface area (Å²) < 4.78 is 27.0. The Kier molecular flexibility index (Phi) is 6.46. The Bertz CT molecular complexity index is 481. The van der Waals surface area contributed by atoms with Crippen molar-refractivity contribution in [2.24, 2.45) is 11.7 Å². The van der Waals surface area contributed by atoms with Crippen LogP contribution in [0.1, 0.15) is 44.9 Å². The average Bonchev–Trinajstić information content (AvgIpc) is 2.76. The highest BCUT2D eigenvalue weighted by molar-refractivity contribution is 7.89. The van der Waals surface area contributed by atoms with E-state index in [1.54, 1.807) is 11.4 Å². The lowest BCUT2D eigenvalue weighted by molar-refractivity contribution is 0.488. The fourth-order valence-electron chi connectivity index (χ4n) is 1.83. The summed E-state index contributed by atoms with van der Waals surface area (Å²) in [5.74, 6) is 0.660. The molecule has 3 N–H and O–H groups in total. The van der Waals surface area contributed by atoms with Crippen LogP contribution in [-0.4, -0.2) is 14.5 Å². The zero-order valence-electron chi connectivity index (χ0n) is 11.8. The lowest BCUT2D eigenvalue weighted by Gasteiger charge is -2.14. The molecule has 6 heteroatoms. The van der Waals surface area contributed by atoms with E-state index in [9.17, 15) is 8.42 Å². The van der Waals surface area contributed by atoms with Crippen molar-refractivity contribution in [2.75, 3.05) is 0 Å². The Morgan fingerprint density at radius 1 is 1.32 bits per heavy atom. The van der Waals surface area contributed by atoms with Crippen LogP contribution in [0.3, 0.4) is 0 Å². The van der Waals surface area contributed by atoms with Gasteiger partial charge in [-0.2, -0.15) is 0 Å². The minimum atomic E-state index is -3.39. The summed E-state index contributed by atoms with van der Waals surface area (Å²) in [5, 5.41) is 1.64. The van der Waals surface area contributed by atoms with Gasteiger partial charge in [0.2, 0.25) is 10.0 Å². The van der Waals surface area contributed by atoms with Crippen LogP contribution in [0.4, 0.5) is 0 Å². The molecule has 0 bridgehead atoms. The van der Waals surface area contributed by atoms with Crippen molar-refractivity contribution in [1.29, 1.82) is 0 Å². The Morgan fingerprint density at radius 3 is 2.53 bits per heavy atom. The summed E-state index contributed by atoms with van der Waals surface area (Å²) in [6.45, 7) is 6.64. The lowest BCUT2D eigenvalue weighted by atomic mass is 10.0. The smallest absolute Gasteiger partial charge is 0.241 e. The Balaban J connectivity index is 2.54. The molecule has 4 nitrogen and oxygen atoms in total. The SMILES string of the molecule is CC(C)CCCC(C)NS(=O)(=O)c1csc(CN)c1. The van der Waals surface area contributed by atoms with Crippen molar-refractivity contribution in [2.45, 2.75) is 57.5 Å². The predicted octanol–water partition coefficient (Wildman–Crippen LogP) is 2.70. The molecule has 0 spiro atoms. The topological polar surface area (TPSA) is 72.2 Å². The monoisotopic (exact) mass is 304 g/mol. The third kappa shape index (κ3) is 5.60. The fourth-order valence-corrected chi connectivity index (χ4v) is 4.27. The number of sulfonamides is 1. The van der Waals surface area contributed by atoms with Gasteiger partial charge in [0.25, 0.3) is 0 Å². The number of nitrogens with two attached hydrogens (primary N) is 1. The van der Waals surface area contributed by atoms with E-state index >= 15 is 0 Å². The number of nitrogens with one attached hydrogen (secondary N) is 1. The third-order valence-electron chi connectivity index (χ3n) is 2.92. The van der Waals surface area contributed by atoms with Gasteiger partial charge in [-0.05, 0) is 25.3 Å². The first-order valence-electron chi connectivity index (χ1n) is 6.65. The molecule has 19 heavy (non-hydrogen) atoms. The molecule has 1 heterocycles. The van der Waals surface area contributed by atoms with Crippen molar-refractivity contribution in [1.82, 2.24) is 4.72 Å². The van der Waals surface area contributed by atoms with E-state index in [4.69, 9.17) is 5.73 Å². The van der Waals surface area contributed by atoms with E-state index in [2.05, 4.69) is 18.6 Å². The van der Waals surface area contributed by atoms with Crippen molar-refractivity contribution in [3.63, 3.8) is 0 Å². The van der Waals surface area contributed by atoms with Crippen LogP contribution in [0.15, 0.2) is 16.3 Å². The van der Waals surface area contributed by atoms with Gasteiger partial charge in [0.05, 0.1) is 4.90 Å². The molecule has 1 rings (SSSR count). The third-order valence-corrected chi connectivity index (χ3v) is 5.59. The van der Waals surface area contributed by atoms with Gasteiger partial charge in [-0.15, -0.1) is 11.3 Å². The molecule has 0 aromatic carbocycles. The quantitative estimate of drug-likeness (QED) is 0.775. The second-order valence-electron chi connectivity index (χ2n) is 5.30. The molecular formula is C13H24N2O2S2. The minimum absolute atomic E-state index is 0.0371. The predicted molar refractivity (Wildman–Crippen MR) is 80.7 cm³/mol. The maximum absolute atomic E-state index is 12.1. The molecule has 0 fully saturated rings. The van der Waals surface area contributed by atoms with E-state index < -0.39 is 10.0 Å². The Hall–Kier alpha value is -0.430. The molecule has 1 aromatic rings. The van der Waals surface area contributed by atoms with E-state index in [-0.39, 0.29) is 6.04 Å². The van der Waals surface area contributed by atoms with Crippen LogP contribution in [0, 0.1) is 5.92 Å². The van der Waals surface area contributed by atoms with Gasteiger partial charge in [0.1, 0.15) is 0 Å². The van der Waals surface area contributed by atoms with Crippen LogP contribution in [0.25, 0.3) is 0 Å². The molecule has 0 aliphatic rings. The van der Waals surface area contributed by atoms with E-state index in [0.717, 1.165) is 24.1 Å². The molecule has 0 saturated heterocycles. The molecule has 1 unspecified atom stereocenters. The van der Waals surface area contributed by atoms with E-state index in [0.29, 0.717) is 17.4 Å². The van der Waals surface area contributed by atoms with Gasteiger partial charge in [-0.3, -0.25) is 0 Å². The van der Waals surface area contributed by atoms with Gasteiger partial charge in [0, 0.05) is 22.8 Å². The van der Waals surface area contributed by atoms with Gasteiger partial charge in [0.15, 0.2) is 0 Å². The second kappa shape index (κ2) is 7.38. The number of rotatable bonds is 8. The molecular weight excluding hydrogens is 280 g/mol. The summed E-state index contributed by atoms with van der Waals surface area (Å²) >= 11 is 1.38. The first-order valence-corrected chi connectivity index (χ1v) is 9.01. The zero-order valence-corrected chi connectivity index (χ0v) is 13.5. The largest absolute Gasteiger partial charge is 0.326 e. The first kappa shape index (κ1) is 16.6. The normalized spacial score (nSPS) is 13.9. The van der Waals surface area contributed by atoms with Crippen molar-refractivity contribution < 1.29 is 8.42 Å². The molecule has 0 aliphatic carbocycles. The van der Waals surface area contributed by atoms with Crippen molar-refractivity contribution in [3.8, 4) is 0 Å². The summed E-state index contributed by atoms with van der Waals surface area (Å²) in [6, 6.07) is 1.61. The first-order chi connectivity index (χ1) is 8.85. The molecule has 1 atom stereocenters. The fraction of sp³-hybridized carbons (Fsp3) is 0.692. The summed E-state index contributed by atoms with van der Waals surface area (Å²) in [6.07, 6.45) is 3.03. The van der Waals surface area contributed by atoms with Crippen LogP contribution in [0.5, 0.6) is 0 Å². The summed E-state index contributed by atoms with van der Waals surface area (Å²) in [4.78, 5) is 1.21. The number of thiophene rings is 1. The second-order valence-corrected chi connectivity index (χ2v) is 8.01. The molecule has 1 aromatic heterocycles. The number of hydrogen-bond acceptors (Lipinski definition) is 4. The van der Waals surface area contributed by atoms with Crippen LogP contribution < -0.4 is 10.5 Å².